The van der Waals surface area contributed by atoms with Crippen LogP contribution in [-0.4, -0.2) is 18.9 Å². The minimum atomic E-state index is -0.226. The number of ether oxygens (including phenoxy) is 1. The van der Waals surface area contributed by atoms with Crippen molar-refractivity contribution in [1.29, 1.82) is 0 Å². The Balaban J connectivity index is 1.68. The summed E-state index contributed by atoms with van der Waals surface area (Å²) in [6.07, 6.45) is 2.79. The molecule has 6 heteroatoms. The Kier molecular flexibility index (Phi) is 6.09. The average molecular weight is 435 g/mol. The summed E-state index contributed by atoms with van der Waals surface area (Å²) in [5, 5.41) is 6.60. The molecule has 1 aliphatic rings. The van der Waals surface area contributed by atoms with Crippen LogP contribution < -0.4 is 15.4 Å². The maximum atomic E-state index is 13.4. The van der Waals surface area contributed by atoms with Crippen molar-refractivity contribution < 1.29 is 14.3 Å². The van der Waals surface area contributed by atoms with Gasteiger partial charge in [0.15, 0.2) is 0 Å². The second kappa shape index (κ2) is 8.94. The SMILES string of the molecule is COc1ccccc1NC(=O)c1c(NC(=O)c2cccc(C)c2)sc2c1CC[C@H](C)C2. The lowest BCUT2D eigenvalue weighted by molar-refractivity contribution is 0.102. The molecule has 160 valence electrons. The normalized spacial score (nSPS) is 15.1. The highest BCUT2D eigenvalue weighted by atomic mass is 32.1. The van der Waals surface area contributed by atoms with E-state index in [0.29, 0.717) is 33.5 Å². The van der Waals surface area contributed by atoms with E-state index in [4.69, 9.17) is 4.74 Å². The lowest BCUT2D eigenvalue weighted by atomic mass is 9.88. The number of methoxy groups -OCH3 is 1. The lowest BCUT2D eigenvalue weighted by Crippen LogP contribution is -2.19. The maximum absolute atomic E-state index is 13.4. The molecule has 0 saturated carbocycles. The second-order valence-corrected chi connectivity index (χ2v) is 9.14. The number of benzene rings is 2. The number of rotatable bonds is 5. The molecular weight excluding hydrogens is 408 g/mol. The summed E-state index contributed by atoms with van der Waals surface area (Å²) >= 11 is 1.52. The van der Waals surface area contributed by atoms with Gasteiger partial charge in [0.2, 0.25) is 0 Å². The number of thiophene rings is 1. The summed E-state index contributed by atoms with van der Waals surface area (Å²) in [5.41, 5.74) is 3.82. The molecule has 1 atom stereocenters. The van der Waals surface area contributed by atoms with Crippen LogP contribution in [0, 0.1) is 12.8 Å². The monoisotopic (exact) mass is 434 g/mol. The van der Waals surface area contributed by atoms with Gasteiger partial charge in [0.25, 0.3) is 11.8 Å². The molecule has 0 unspecified atom stereocenters. The van der Waals surface area contributed by atoms with Gasteiger partial charge in [-0.15, -0.1) is 11.3 Å². The van der Waals surface area contributed by atoms with Crippen LogP contribution >= 0.6 is 11.3 Å². The second-order valence-electron chi connectivity index (χ2n) is 8.03. The van der Waals surface area contributed by atoms with E-state index < -0.39 is 0 Å². The summed E-state index contributed by atoms with van der Waals surface area (Å²) in [6, 6.07) is 14.8. The molecule has 0 radical (unpaired) electrons. The smallest absolute Gasteiger partial charge is 0.259 e. The van der Waals surface area contributed by atoms with Crippen molar-refractivity contribution in [2.45, 2.75) is 33.1 Å². The quantitative estimate of drug-likeness (QED) is 0.542. The van der Waals surface area contributed by atoms with E-state index >= 15 is 0 Å². The minimum Gasteiger partial charge on any atom is -0.495 e. The first-order valence-corrected chi connectivity index (χ1v) is 11.2. The average Bonchev–Trinajstić information content (AvgIpc) is 3.10. The number of amides is 2. The number of carbonyl (C=O) groups excluding carboxylic acids is 2. The minimum absolute atomic E-state index is 0.207. The third-order valence-electron chi connectivity index (χ3n) is 5.60. The molecule has 0 bridgehead atoms. The Morgan fingerprint density at radius 1 is 1.06 bits per heavy atom. The van der Waals surface area contributed by atoms with Crippen LogP contribution in [-0.2, 0) is 12.8 Å². The standard InChI is InChI=1S/C25H26N2O3S/c1-15-7-6-8-17(13-15)23(28)27-25-22(18-12-11-16(2)14-21(18)31-25)24(29)26-19-9-4-5-10-20(19)30-3/h4-10,13,16H,11-12,14H2,1-3H3,(H,26,29)(H,27,28)/t16-/m0/s1. The van der Waals surface area contributed by atoms with Crippen molar-refractivity contribution in [3.8, 4) is 5.75 Å². The molecule has 0 aliphatic heterocycles. The van der Waals surface area contributed by atoms with E-state index in [1.807, 2.05) is 43.3 Å². The largest absolute Gasteiger partial charge is 0.495 e. The molecule has 2 amide bonds. The van der Waals surface area contributed by atoms with Crippen LogP contribution in [0.3, 0.4) is 0 Å². The van der Waals surface area contributed by atoms with Crippen molar-refractivity contribution in [2.75, 3.05) is 17.7 Å². The number of hydrogen-bond donors (Lipinski definition) is 2. The molecular formula is C25H26N2O3S. The zero-order chi connectivity index (χ0) is 22.0. The molecule has 2 aromatic carbocycles. The first-order valence-electron chi connectivity index (χ1n) is 10.4. The molecule has 1 aromatic heterocycles. The van der Waals surface area contributed by atoms with Crippen LogP contribution in [0.1, 0.15) is 50.1 Å². The number of aryl methyl sites for hydroxylation is 1. The fraction of sp³-hybridized carbons (Fsp3) is 0.280. The first kappa shape index (κ1) is 21.1. The summed E-state index contributed by atoms with van der Waals surface area (Å²) in [5.74, 6) is 0.730. The van der Waals surface area contributed by atoms with Gasteiger partial charge in [-0.1, -0.05) is 36.8 Å². The maximum Gasteiger partial charge on any atom is 0.259 e. The Hall–Kier alpha value is -3.12. The van der Waals surface area contributed by atoms with E-state index in [0.717, 1.165) is 30.4 Å². The molecule has 1 aliphatic carbocycles. The number of para-hydroxylation sites is 2. The molecule has 4 rings (SSSR count). The number of carbonyl (C=O) groups is 2. The molecule has 3 aromatic rings. The number of anilines is 2. The third kappa shape index (κ3) is 4.49. The van der Waals surface area contributed by atoms with E-state index in [2.05, 4.69) is 17.6 Å². The van der Waals surface area contributed by atoms with Crippen LogP contribution in [0.5, 0.6) is 5.75 Å². The summed E-state index contributed by atoms with van der Waals surface area (Å²) in [6.45, 7) is 4.18. The van der Waals surface area contributed by atoms with Crippen molar-refractivity contribution in [2.24, 2.45) is 5.92 Å². The molecule has 0 spiro atoms. The Morgan fingerprint density at radius 3 is 2.65 bits per heavy atom. The van der Waals surface area contributed by atoms with Gasteiger partial charge in [0.1, 0.15) is 10.8 Å². The van der Waals surface area contributed by atoms with E-state index in [1.165, 1.54) is 16.2 Å². The van der Waals surface area contributed by atoms with E-state index in [9.17, 15) is 9.59 Å². The predicted molar refractivity (Wildman–Crippen MR) is 126 cm³/mol. The first-order chi connectivity index (χ1) is 15.0. The predicted octanol–water partition coefficient (Wildman–Crippen LogP) is 5.69. The highest BCUT2D eigenvalue weighted by Crippen LogP contribution is 2.40. The fourth-order valence-electron chi connectivity index (χ4n) is 3.97. The number of hydrogen-bond acceptors (Lipinski definition) is 4. The van der Waals surface area contributed by atoms with Crippen LogP contribution in [0.2, 0.25) is 0 Å². The van der Waals surface area contributed by atoms with Crippen molar-refractivity contribution in [3.63, 3.8) is 0 Å². The number of fused-ring (bicyclic) bond motifs is 1. The van der Waals surface area contributed by atoms with Gasteiger partial charge in [0.05, 0.1) is 18.4 Å². The highest BCUT2D eigenvalue weighted by Gasteiger charge is 2.29. The highest BCUT2D eigenvalue weighted by molar-refractivity contribution is 7.17. The summed E-state index contributed by atoms with van der Waals surface area (Å²) in [4.78, 5) is 27.5. The fourth-order valence-corrected chi connectivity index (χ4v) is 5.38. The summed E-state index contributed by atoms with van der Waals surface area (Å²) < 4.78 is 5.37. The van der Waals surface area contributed by atoms with Crippen molar-refractivity contribution in [1.82, 2.24) is 0 Å². The lowest BCUT2D eigenvalue weighted by Gasteiger charge is -2.19. The molecule has 1 heterocycles. The van der Waals surface area contributed by atoms with Crippen molar-refractivity contribution in [3.05, 3.63) is 75.7 Å². The van der Waals surface area contributed by atoms with Gasteiger partial charge in [-0.2, -0.15) is 0 Å². The molecule has 0 saturated heterocycles. The van der Waals surface area contributed by atoms with Crippen LogP contribution in [0.25, 0.3) is 0 Å². The van der Waals surface area contributed by atoms with E-state index in [1.54, 1.807) is 19.2 Å². The molecule has 0 fully saturated rings. The Labute approximate surface area is 186 Å². The van der Waals surface area contributed by atoms with Gasteiger partial charge in [0, 0.05) is 10.4 Å². The third-order valence-corrected chi connectivity index (χ3v) is 6.77. The number of nitrogens with one attached hydrogen (secondary N) is 2. The van der Waals surface area contributed by atoms with Crippen LogP contribution in [0.15, 0.2) is 48.5 Å². The van der Waals surface area contributed by atoms with Crippen LogP contribution in [0.4, 0.5) is 10.7 Å². The van der Waals surface area contributed by atoms with E-state index in [-0.39, 0.29) is 11.8 Å². The summed E-state index contributed by atoms with van der Waals surface area (Å²) in [7, 11) is 1.58. The van der Waals surface area contributed by atoms with Gasteiger partial charge in [-0.25, -0.2) is 0 Å². The molecule has 2 N–H and O–H groups in total. The van der Waals surface area contributed by atoms with Gasteiger partial charge < -0.3 is 15.4 Å². The molecule has 31 heavy (non-hydrogen) atoms. The Bertz CT molecular complexity index is 1140. The van der Waals surface area contributed by atoms with Gasteiger partial charge in [-0.3, -0.25) is 9.59 Å². The topological polar surface area (TPSA) is 67.4 Å². The zero-order valence-electron chi connectivity index (χ0n) is 18.0. The van der Waals surface area contributed by atoms with Gasteiger partial charge >= 0.3 is 0 Å². The van der Waals surface area contributed by atoms with Crippen molar-refractivity contribution >= 4 is 33.8 Å². The zero-order valence-corrected chi connectivity index (χ0v) is 18.8. The molecule has 5 nitrogen and oxygen atoms in total. The van der Waals surface area contributed by atoms with Gasteiger partial charge in [-0.05, 0) is 61.9 Å². The Morgan fingerprint density at radius 2 is 1.87 bits per heavy atom.